The van der Waals surface area contributed by atoms with Gasteiger partial charge in [0.1, 0.15) is 11.5 Å². The van der Waals surface area contributed by atoms with E-state index >= 15 is 0 Å². The van der Waals surface area contributed by atoms with Crippen LogP contribution in [0.25, 0.3) is 10.8 Å². The quantitative estimate of drug-likeness (QED) is 0.380. The fourth-order valence-electron chi connectivity index (χ4n) is 3.74. The molecule has 0 unspecified atom stereocenters. The van der Waals surface area contributed by atoms with Crippen LogP contribution < -0.4 is 19.7 Å². The molecule has 6 heteroatoms. The van der Waals surface area contributed by atoms with Crippen molar-refractivity contribution in [2.24, 2.45) is 0 Å². The van der Waals surface area contributed by atoms with E-state index in [2.05, 4.69) is 5.32 Å². The summed E-state index contributed by atoms with van der Waals surface area (Å²) < 4.78 is 10.6. The number of ether oxygens (including phenoxy) is 2. The number of methoxy groups -OCH3 is 1. The molecule has 0 radical (unpaired) electrons. The zero-order chi connectivity index (χ0) is 23.9. The number of anilines is 2. The monoisotopic (exact) mass is 454 g/mol. The maximum atomic E-state index is 13.3. The minimum atomic E-state index is -0.291. The molecule has 0 saturated heterocycles. The van der Waals surface area contributed by atoms with Crippen LogP contribution in [-0.4, -0.2) is 32.1 Å². The maximum Gasteiger partial charge on any atom is 0.262 e. The largest absolute Gasteiger partial charge is 0.497 e. The number of nitrogens with one attached hydrogen (secondary N) is 1. The normalized spacial score (nSPS) is 10.5. The molecule has 0 saturated carbocycles. The van der Waals surface area contributed by atoms with Crippen LogP contribution in [0.1, 0.15) is 17.3 Å². The molecule has 2 amide bonds. The highest BCUT2D eigenvalue weighted by molar-refractivity contribution is 6.11. The van der Waals surface area contributed by atoms with E-state index in [4.69, 9.17) is 9.47 Å². The molecule has 0 aliphatic heterocycles. The van der Waals surface area contributed by atoms with E-state index in [1.807, 2.05) is 49.4 Å². The lowest BCUT2D eigenvalue weighted by Crippen LogP contribution is -2.30. The smallest absolute Gasteiger partial charge is 0.262 e. The Kier molecular flexibility index (Phi) is 7.08. The molecule has 4 aromatic rings. The zero-order valence-electron chi connectivity index (χ0n) is 19.2. The Morgan fingerprint density at radius 2 is 1.50 bits per heavy atom. The van der Waals surface area contributed by atoms with Crippen molar-refractivity contribution in [3.8, 4) is 11.5 Å². The number of hydrogen-bond acceptors (Lipinski definition) is 4. The van der Waals surface area contributed by atoms with Crippen molar-refractivity contribution >= 4 is 34.0 Å². The first-order valence-electron chi connectivity index (χ1n) is 11.1. The van der Waals surface area contributed by atoms with Crippen molar-refractivity contribution in [1.29, 1.82) is 0 Å². The van der Waals surface area contributed by atoms with E-state index in [0.717, 1.165) is 16.5 Å². The molecule has 0 fully saturated rings. The third-order valence-corrected chi connectivity index (χ3v) is 5.46. The summed E-state index contributed by atoms with van der Waals surface area (Å²) in [5, 5.41) is 4.90. The molecule has 0 spiro atoms. The minimum absolute atomic E-state index is 0.0976. The lowest BCUT2D eigenvalue weighted by molar-refractivity contribution is -0.118. The maximum absolute atomic E-state index is 13.3. The van der Waals surface area contributed by atoms with Crippen LogP contribution in [0.15, 0.2) is 91.0 Å². The predicted octanol–water partition coefficient (Wildman–Crippen LogP) is 5.53. The fourth-order valence-corrected chi connectivity index (χ4v) is 3.74. The van der Waals surface area contributed by atoms with Crippen LogP contribution >= 0.6 is 0 Å². The Bertz CT molecular complexity index is 1280. The highest BCUT2D eigenvalue weighted by Crippen LogP contribution is 2.28. The van der Waals surface area contributed by atoms with Crippen LogP contribution in [0.3, 0.4) is 0 Å². The van der Waals surface area contributed by atoms with Crippen LogP contribution in [-0.2, 0) is 4.79 Å². The van der Waals surface area contributed by atoms with Gasteiger partial charge in [-0.15, -0.1) is 0 Å². The SMILES string of the molecule is CCN(C(=O)c1ccc(NC(=O)COc2ccc(OC)cc2)cc1)c1cccc2ccccc12. The van der Waals surface area contributed by atoms with E-state index in [1.54, 1.807) is 60.5 Å². The second kappa shape index (κ2) is 10.5. The van der Waals surface area contributed by atoms with Crippen LogP contribution in [0.5, 0.6) is 11.5 Å². The van der Waals surface area contributed by atoms with Gasteiger partial charge in [-0.05, 0) is 66.9 Å². The minimum Gasteiger partial charge on any atom is -0.497 e. The molecule has 4 rings (SSSR count). The molecule has 4 aromatic carbocycles. The molecular weight excluding hydrogens is 428 g/mol. The van der Waals surface area contributed by atoms with Crippen LogP contribution in [0.4, 0.5) is 11.4 Å². The van der Waals surface area contributed by atoms with Gasteiger partial charge in [-0.25, -0.2) is 0 Å². The first-order chi connectivity index (χ1) is 16.6. The van der Waals surface area contributed by atoms with Crippen molar-refractivity contribution in [3.63, 3.8) is 0 Å². The molecule has 0 bridgehead atoms. The summed E-state index contributed by atoms with van der Waals surface area (Å²) >= 11 is 0. The summed E-state index contributed by atoms with van der Waals surface area (Å²) in [6, 6.07) is 27.8. The van der Waals surface area contributed by atoms with Crippen molar-refractivity contribution < 1.29 is 19.1 Å². The summed E-state index contributed by atoms with van der Waals surface area (Å²) in [6.45, 7) is 2.36. The fraction of sp³-hybridized carbons (Fsp3) is 0.143. The standard InChI is InChI=1S/C28H26N2O4/c1-3-30(26-10-6-8-20-7-4-5-9-25(20)26)28(32)21-11-13-22(14-12-21)29-27(31)19-34-24-17-15-23(33-2)16-18-24/h4-18H,3,19H2,1-2H3,(H,29,31). The van der Waals surface area contributed by atoms with Crippen molar-refractivity contribution in [1.82, 2.24) is 0 Å². The molecule has 0 aromatic heterocycles. The summed E-state index contributed by atoms with van der Waals surface area (Å²) in [6.07, 6.45) is 0. The molecule has 6 nitrogen and oxygen atoms in total. The first kappa shape index (κ1) is 22.9. The number of carbonyl (C=O) groups is 2. The summed E-state index contributed by atoms with van der Waals surface area (Å²) in [7, 11) is 1.59. The molecule has 0 atom stereocenters. The van der Waals surface area contributed by atoms with Gasteiger partial charge >= 0.3 is 0 Å². The van der Waals surface area contributed by atoms with Crippen molar-refractivity contribution in [2.75, 3.05) is 30.5 Å². The molecule has 1 N–H and O–H groups in total. The highest BCUT2D eigenvalue weighted by Gasteiger charge is 2.18. The third kappa shape index (κ3) is 5.18. The summed E-state index contributed by atoms with van der Waals surface area (Å²) in [5.74, 6) is 0.902. The number of benzene rings is 4. The molecule has 0 heterocycles. The number of carbonyl (C=O) groups excluding carboxylic acids is 2. The van der Waals surface area contributed by atoms with Crippen LogP contribution in [0, 0.1) is 0 Å². The number of fused-ring (bicyclic) bond motifs is 1. The molecular formula is C28H26N2O4. The van der Waals surface area contributed by atoms with Crippen molar-refractivity contribution in [3.05, 3.63) is 96.6 Å². The zero-order valence-corrected chi connectivity index (χ0v) is 19.2. The van der Waals surface area contributed by atoms with E-state index < -0.39 is 0 Å². The van der Waals surface area contributed by atoms with E-state index in [1.165, 1.54) is 0 Å². The molecule has 0 aliphatic rings. The summed E-state index contributed by atoms with van der Waals surface area (Å²) in [5.41, 5.74) is 2.01. The molecule has 34 heavy (non-hydrogen) atoms. The van der Waals surface area contributed by atoms with Gasteiger partial charge in [-0.1, -0.05) is 36.4 Å². The third-order valence-electron chi connectivity index (χ3n) is 5.46. The second-order valence-corrected chi connectivity index (χ2v) is 7.64. The Hall–Kier alpha value is -4.32. The van der Waals surface area contributed by atoms with Gasteiger partial charge in [0, 0.05) is 23.2 Å². The second-order valence-electron chi connectivity index (χ2n) is 7.64. The Morgan fingerprint density at radius 3 is 2.21 bits per heavy atom. The molecule has 172 valence electrons. The van der Waals surface area contributed by atoms with Gasteiger partial charge in [-0.2, -0.15) is 0 Å². The molecule has 0 aliphatic carbocycles. The number of nitrogens with zero attached hydrogens (tertiary/aromatic N) is 1. The highest BCUT2D eigenvalue weighted by atomic mass is 16.5. The Morgan fingerprint density at radius 1 is 0.824 bits per heavy atom. The Labute approximate surface area is 198 Å². The first-order valence-corrected chi connectivity index (χ1v) is 11.1. The van der Waals surface area contributed by atoms with Gasteiger partial charge in [0.25, 0.3) is 11.8 Å². The van der Waals surface area contributed by atoms with Gasteiger partial charge < -0.3 is 19.7 Å². The van der Waals surface area contributed by atoms with Gasteiger partial charge in [-0.3, -0.25) is 9.59 Å². The van der Waals surface area contributed by atoms with E-state index in [0.29, 0.717) is 29.3 Å². The lowest BCUT2D eigenvalue weighted by atomic mass is 10.1. The van der Waals surface area contributed by atoms with Crippen molar-refractivity contribution in [2.45, 2.75) is 6.92 Å². The summed E-state index contributed by atoms with van der Waals surface area (Å²) in [4.78, 5) is 27.3. The Balaban J connectivity index is 1.40. The predicted molar refractivity (Wildman–Crippen MR) is 135 cm³/mol. The van der Waals surface area contributed by atoms with Gasteiger partial charge in [0.2, 0.25) is 0 Å². The number of hydrogen-bond donors (Lipinski definition) is 1. The average Bonchev–Trinajstić information content (AvgIpc) is 2.88. The number of amides is 2. The van der Waals surface area contributed by atoms with Gasteiger partial charge in [0.05, 0.1) is 12.8 Å². The lowest BCUT2D eigenvalue weighted by Gasteiger charge is -2.23. The average molecular weight is 455 g/mol. The number of rotatable bonds is 8. The van der Waals surface area contributed by atoms with Gasteiger partial charge in [0.15, 0.2) is 6.61 Å². The van der Waals surface area contributed by atoms with E-state index in [-0.39, 0.29) is 18.4 Å². The topological polar surface area (TPSA) is 67.9 Å². The van der Waals surface area contributed by atoms with Crippen LogP contribution in [0.2, 0.25) is 0 Å². The van der Waals surface area contributed by atoms with E-state index in [9.17, 15) is 9.59 Å².